The number of hydrogen-bond donors (Lipinski definition) is 2. The second-order valence-corrected chi connectivity index (χ2v) is 4.35. The molecule has 0 aromatic heterocycles. The Morgan fingerprint density at radius 1 is 1.10 bits per heavy atom. The molecule has 0 aliphatic rings. The number of hydrogen-bond acceptors (Lipinski definition) is 2. The summed E-state index contributed by atoms with van der Waals surface area (Å²) in [6.07, 6.45) is 0. The van der Waals surface area contributed by atoms with Crippen molar-refractivity contribution in [1.82, 2.24) is 0 Å². The van der Waals surface area contributed by atoms with Gasteiger partial charge >= 0.3 is 0 Å². The van der Waals surface area contributed by atoms with Gasteiger partial charge in [0.15, 0.2) is 0 Å². The van der Waals surface area contributed by atoms with E-state index in [0.29, 0.717) is 0 Å². The highest BCUT2D eigenvalue weighted by Gasteiger charge is 2.15. The van der Waals surface area contributed by atoms with Crippen molar-refractivity contribution in [2.75, 3.05) is 17.7 Å². The number of rotatable bonds is 3. The van der Waals surface area contributed by atoms with Crippen molar-refractivity contribution in [3.63, 3.8) is 0 Å². The highest BCUT2D eigenvalue weighted by molar-refractivity contribution is 6.08. The van der Waals surface area contributed by atoms with Gasteiger partial charge < -0.3 is 10.6 Å². The van der Waals surface area contributed by atoms with Crippen LogP contribution in [0.15, 0.2) is 36.4 Å². The maximum atomic E-state index is 13.7. The third-order valence-electron chi connectivity index (χ3n) is 2.88. The highest BCUT2D eigenvalue weighted by Crippen LogP contribution is 2.22. The third-order valence-corrected chi connectivity index (χ3v) is 2.88. The maximum absolute atomic E-state index is 13.7. The topological polar surface area (TPSA) is 41.1 Å². The van der Waals surface area contributed by atoms with Crippen LogP contribution in [0.5, 0.6) is 0 Å². The largest absolute Gasteiger partial charge is 0.385 e. The quantitative estimate of drug-likeness (QED) is 0.899. The lowest BCUT2D eigenvalue weighted by Crippen LogP contribution is -2.15. The van der Waals surface area contributed by atoms with Crippen LogP contribution >= 0.6 is 0 Å². The van der Waals surface area contributed by atoms with Crippen LogP contribution in [-0.2, 0) is 0 Å². The number of anilines is 2. The van der Waals surface area contributed by atoms with Crippen LogP contribution in [-0.4, -0.2) is 13.0 Å². The third kappa shape index (κ3) is 2.77. The normalized spacial score (nSPS) is 10.2. The number of carbonyl (C=O) groups is 1. The summed E-state index contributed by atoms with van der Waals surface area (Å²) >= 11 is 0. The van der Waals surface area contributed by atoms with Crippen molar-refractivity contribution in [2.45, 2.75) is 6.92 Å². The number of halogens is 2. The molecular formula is C15H14F2N2O. The molecule has 2 rings (SSSR count). The fourth-order valence-corrected chi connectivity index (χ4v) is 1.88. The number of para-hydroxylation sites is 1. The van der Waals surface area contributed by atoms with Crippen molar-refractivity contribution >= 4 is 17.3 Å². The SMILES string of the molecule is CNc1c(F)cccc1C(=O)Nc1ccc(C)cc1F. The van der Waals surface area contributed by atoms with Gasteiger partial charge in [0.1, 0.15) is 11.6 Å². The zero-order chi connectivity index (χ0) is 14.7. The fourth-order valence-electron chi connectivity index (χ4n) is 1.88. The van der Waals surface area contributed by atoms with Crippen LogP contribution in [0.2, 0.25) is 0 Å². The summed E-state index contributed by atoms with van der Waals surface area (Å²) in [5, 5.41) is 5.06. The van der Waals surface area contributed by atoms with Crippen LogP contribution in [0.25, 0.3) is 0 Å². The molecule has 0 bridgehead atoms. The molecule has 2 N–H and O–H groups in total. The Morgan fingerprint density at radius 3 is 2.50 bits per heavy atom. The van der Waals surface area contributed by atoms with Gasteiger partial charge in [-0.1, -0.05) is 12.1 Å². The van der Waals surface area contributed by atoms with Crippen molar-refractivity contribution in [2.24, 2.45) is 0 Å². The minimum absolute atomic E-state index is 0.0620. The van der Waals surface area contributed by atoms with E-state index in [4.69, 9.17) is 0 Å². The van der Waals surface area contributed by atoms with Crippen LogP contribution in [0.3, 0.4) is 0 Å². The first-order chi connectivity index (χ1) is 9.52. The molecule has 0 heterocycles. The molecule has 0 fully saturated rings. The van der Waals surface area contributed by atoms with Crippen LogP contribution in [0, 0.1) is 18.6 Å². The molecule has 0 unspecified atom stereocenters. The highest BCUT2D eigenvalue weighted by atomic mass is 19.1. The molecule has 0 atom stereocenters. The molecule has 0 spiro atoms. The molecule has 0 aliphatic carbocycles. The molecule has 3 nitrogen and oxygen atoms in total. The number of nitrogens with one attached hydrogen (secondary N) is 2. The van der Waals surface area contributed by atoms with E-state index in [1.165, 1.54) is 37.4 Å². The number of aryl methyl sites for hydroxylation is 1. The summed E-state index contributed by atoms with van der Waals surface area (Å²) < 4.78 is 27.2. The number of benzene rings is 2. The average molecular weight is 276 g/mol. The summed E-state index contributed by atoms with van der Waals surface area (Å²) in [4.78, 5) is 12.1. The summed E-state index contributed by atoms with van der Waals surface area (Å²) in [5.74, 6) is -1.64. The van der Waals surface area contributed by atoms with Gasteiger partial charge in [0.25, 0.3) is 5.91 Å². The summed E-state index contributed by atoms with van der Waals surface area (Å²) in [5.41, 5.74) is 1.01. The molecule has 104 valence electrons. The molecule has 0 saturated heterocycles. The van der Waals surface area contributed by atoms with Gasteiger partial charge in [0.2, 0.25) is 0 Å². The van der Waals surface area contributed by atoms with E-state index < -0.39 is 17.5 Å². The first-order valence-corrected chi connectivity index (χ1v) is 6.06. The summed E-state index contributed by atoms with van der Waals surface area (Å²) in [6.45, 7) is 1.75. The Hall–Kier alpha value is -2.43. The fraction of sp³-hybridized carbons (Fsp3) is 0.133. The molecular weight excluding hydrogens is 262 g/mol. The molecule has 0 aliphatic heterocycles. The van der Waals surface area contributed by atoms with Gasteiger partial charge in [-0.25, -0.2) is 8.78 Å². The smallest absolute Gasteiger partial charge is 0.257 e. The van der Waals surface area contributed by atoms with Gasteiger partial charge in [0, 0.05) is 7.05 Å². The van der Waals surface area contributed by atoms with E-state index in [9.17, 15) is 13.6 Å². The van der Waals surface area contributed by atoms with Crippen molar-refractivity contribution in [3.05, 3.63) is 59.2 Å². The van der Waals surface area contributed by atoms with Crippen molar-refractivity contribution in [1.29, 1.82) is 0 Å². The van der Waals surface area contributed by atoms with E-state index in [0.717, 1.165) is 5.56 Å². The van der Waals surface area contributed by atoms with Crippen LogP contribution in [0.4, 0.5) is 20.2 Å². The number of amides is 1. The minimum Gasteiger partial charge on any atom is -0.385 e. The molecule has 0 saturated carbocycles. The van der Waals surface area contributed by atoms with E-state index in [1.54, 1.807) is 13.0 Å². The van der Waals surface area contributed by atoms with E-state index in [-0.39, 0.29) is 16.9 Å². The second kappa shape index (κ2) is 5.69. The second-order valence-electron chi connectivity index (χ2n) is 4.35. The van der Waals surface area contributed by atoms with Gasteiger partial charge in [-0.05, 0) is 36.8 Å². The van der Waals surface area contributed by atoms with Gasteiger partial charge in [-0.15, -0.1) is 0 Å². The van der Waals surface area contributed by atoms with Gasteiger partial charge in [0.05, 0.1) is 16.9 Å². The Balaban J connectivity index is 2.31. The number of carbonyl (C=O) groups excluding carboxylic acids is 1. The predicted molar refractivity (Wildman–Crippen MR) is 75.0 cm³/mol. The molecule has 2 aromatic rings. The standard InChI is InChI=1S/C15H14F2N2O/c1-9-6-7-13(12(17)8-9)19-15(20)10-4-3-5-11(16)14(10)18-2/h3-8,18H,1-2H3,(H,19,20). The Bertz CT molecular complexity index is 656. The van der Waals surface area contributed by atoms with Gasteiger partial charge in [-0.2, -0.15) is 0 Å². The lowest BCUT2D eigenvalue weighted by Gasteiger charge is -2.11. The maximum Gasteiger partial charge on any atom is 0.257 e. The van der Waals surface area contributed by atoms with Crippen LogP contribution < -0.4 is 10.6 Å². The van der Waals surface area contributed by atoms with Crippen molar-refractivity contribution < 1.29 is 13.6 Å². The molecule has 5 heteroatoms. The molecule has 0 radical (unpaired) electrons. The average Bonchev–Trinajstić information content (AvgIpc) is 2.41. The predicted octanol–water partition coefficient (Wildman–Crippen LogP) is 3.57. The first kappa shape index (κ1) is 14.0. The van der Waals surface area contributed by atoms with Crippen LogP contribution in [0.1, 0.15) is 15.9 Å². The molecule has 1 amide bonds. The Kier molecular flexibility index (Phi) is 3.98. The minimum atomic E-state index is -0.573. The van der Waals surface area contributed by atoms with Crippen molar-refractivity contribution in [3.8, 4) is 0 Å². The van der Waals surface area contributed by atoms with E-state index in [1.807, 2.05) is 0 Å². The lowest BCUT2D eigenvalue weighted by molar-refractivity contribution is 0.102. The molecule has 20 heavy (non-hydrogen) atoms. The summed E-state index contributed by atoms with van der Waals surface area (Å²) in [7, 11) is 1.52. The molecule has 2 aromatic carbocycles. The Labute approximate surface area is 115 Å². The lowest BCUT2D eigenvalue weighted by atomic mass is 10.1. The first-order valence-electron chi connectivity index (χ1n) is 6.06. The monoisotopic (exact) mass is 276 g/mol. The zero-order valence-electron chi connectivity index (χ0n) is 11.1. The zero-order valence-corrected chi connectivity index (χ0v) is 11.1. The van der Waals surface area contributed by atoms with Gasteiger partial charge in [-0.3, -0.25) is 4.79 Å². The van der Waals surface area contributed by atoms with E-state index >= 15 is 0 Å². The Morgan fingerprint density at radius 2 is 1.85 bits per heavy atom. The summed E-state index contributed by atoms with van der Waals surface area (Å²) in [6, 6.07) is 8.62. The van der Waals surface area contributed by atoms with E-state index in [2.05, 4.69) is 10.6 Å².